The van der Waals surface area contributed by atoms with Crippen molar-refractivity contribution in [3.63, 3.8) is 0 Å². The summed E-state index contributed by atoms with van der Waals surface area (Å²) in [5.41, 5.74) is 6.21. The van der Waals surface area contributed by atoms with Crippen molar-refractivity contribution in [1.82, 2.24) is 4.90 Å². The van der Waals surface area contributed by atoms with E-state index < -0.39 is 0 Å². The minimum absolute atomic E-state index is 0.0682. The van der Waals surface area contributed by atoms with Crippen LogP contribution in [0.4, 0.5) is 0 Å². The predicted molar refractivity (Wildman–Crippen MR) is 75.4 cm³/mol. The maximum atomic E-state index is 12.2. The average Bonchev–Trinajstić information content (AvgIpc) is 2.14. The molecule has 0 fully saturated rings. The van der Waals surface area contributed by atoms with Crippen LogP contribution in [-0.4, -0.2) is 43.2 Å². The van der Waals surface area contributed by atoms with E-state index in [1.165, 1.54) is 0 Å². The van der Waals surface area contributed by atoms with Gasteiger partial charge in [0, 0.05) is 32.2 Å². The lowest BCUT2D eigenvalue weighted by atomic mass is 9.87. The molecule has 0 spiro atoms. The highest BCUT2D eigenvalue weighted by Crippen LogP contribution is 2.21. The largest absolute Gasteiger partial charge is 0.383 e. The Labute approximate surface area is 112 Å². The van der Waals surface area contributed by atoms with Crippen molar-refractivity contribution in [2.45, 2.75) is 59.5 Å². The third-order valence-corrected chi connectivity index (χ3v) is 2.79. The normalized spacial score (nSPS) is 13.8. The number of methoxy groups -OCH3 is 1. The van der Waals surface area contributed by atoms with Gasteiger partial charge in [-0.25, -0.2) is 0 Å². The summed E-state index contributed by atoms with van der Waals surface area (Å²) >= 11 is 0. The number of hydrogen-bond donors (Lipinski definition) is 1. The van der Waals surface area contributed by atoms with Gasteiger partial charge in [0.2, 0.25) is 5.91 Å². The Bertz CT molecular complexity index is 247. The van der Waals surface area contributed by atoms with Gasteiger partial charge in [-0.05, 0) is 25.7 Å². The molecule has 108 valence electrons. The molecule has 0 bridgehead atoms. The summed E-state index contributed by atoms with van der Waals surface area (Å²) < 4.78 is 5.03. The first-order valence-corrected chi connectivity index (χ1v) is 6.71. The Morgan fingerprint density at radius 3 is 2.28 bits per heavy atom. The van der Waals surface area contributed by atoms with E-state index in [2.05, 4.69) is 20.8 Å². The highest BCUT2D eigenvalue weighted by Gasteiger charge is 2.22. The molecule has 1 amide bonds. The summed E-state index contributed by atoms with van der Waals surface area (Å²) in [5.74, 6) is 0.124. The SMILES string of the molecule is COCCN(C(=O)CC(N)CC(C)(C)C)C(C)C. The molecule has 0 heterocycles. The lowest BCUT2D eigenvalue weighted by molar-refractivity contribution is -0.134. The van der Waals surface area contributed by atoms with E-state index in [1.807, 2.05) is 18.7 Å². The molecule has 0 aromatic rings. The molecule has 2 N–H and O–H groups in total. The van der Waals surface area contributed by atoms with Gasteiger partial charge in [0.25, 0.3) is 0 Å². The minimum atomic E-state index is -0.0682. The van der Waals surface area contributed by atoms with Gasteiger partial charge in [-0.3, -0.25) is 4.79 Å². The fourth-order valence-corrected chi connectivity index (χ4v) is 2.06. The van der Waals surface area contributed by atoms with Crippen LogP contribution in [0.15, 0.2) is 0 Å². The molecule has 4 nitrogen and oxygen atoms in total. The lowest BCUT2D eigenvalue weighted by Crippen LogP contribution is -2.42. The van der Waals surface area contributed by atoms with Crippen LogP contribution >= 0.6 is 0 Å². The van der Waals surface area contributed by atoms with E-state index >= 15 is 0 Å². The standard InChI is InChI=1S/C14H30N2O2/c1-11(2)16(7-8-18-6)13(17)9-12(15)10-14(3,4)5/h11-12H,7-10,15H2,1-6H3. The van der Waals surface area contributed by atoms with Crippen LogP contribution in [0.25, 0.3) is 0 Å². The van der Waals surface area contributed by atoms with E-state index in [0.717, 1.165) is 6.42 Å². The number of ether oxygens (including phenoxy) is 1. The maximum Gasteiger partial charge on any atom is 0.224 e. The van der Waals surface area contributed by atoms with Gasteiger partial charge in [0.15, 0.2) is 0 Å². The number of nitrogens with zero attached hydrogens (tertiary/aromatic N) is 1. The van der Waals surface area contributed by atoms with Gasteiger partial charge in [0.1, 0.15) is 0 Å². The fraction of sp³-hybridized carbons (Fsp3) is 0.929. The van der Waals surface area contributed by atoms with Gasteiger partial charge in [-0.2, -0.15) is 0 Å². The third kappa shape index (κ3) is 7.67. The molecule has 0 saturated heterocycles. The zero-order valence-corrected chi connectivity index (χ0v) is 12.8. The van der Waals surface area contributed by atoms with Gasteiger partial charge in [-0.1, -0.05) is 20.8 Å². The minimum Gasteiger partial charge on any atom is -0.383 e. The van der Waals surface area contributed by atoms with Crippen LogP contribution in [0.5, 0.6) is 0 Å². The topological polar surface area (TPSA) is 55.6 Å². The first-order chi connectivity index (χ1) is 8.17. The zero-order chi connectivity index (χ0) is 14.3. The molecule has 0 radical (unpaired) electrons. The predicted octanol–water partition coefficient (Wildman–Crippen LogP) is 2.02. The van der Waals surface area contributed by atoms with Gasteiger partial charge >= 0.3 is 0 Å². The second-order valence-electron chi connectivity index (χ2n) is 6.40. The Morgan fingerprint density at radius 1 is 1.33 bits per heavy atom. The highest BCUT2D eigenvalue weighted by atomic mass is 16.5. The summed E-state index contributed by atoms with van der Waals surface area (Å²) in [7, 11) is 1.65. The van der Waals surface area contributed by atoms with Crippen molar-refractivity contribution in [1.29, 1.82) is 0 Å². The molecular weight excluding hydrogens is 228 g/mol. The van der Waals surface area contributed by atoms with E-state index in [0.29, 0.717) is 19.6 Å². The molecule has 1 atom stereocenters. The lowest BCUT2D eigenvalue weighted by Gasteiger charge is -2.29. The van der Waals surface area contributed by atoms with Gasteiger partial charge in [0.05, 0.1) is 6.61 Å². The monoisotopic (exact) mass is 258 g/mol. The van der Waals surface area contributed by atoms with Crippen LogP contribution in [-0.2, 0) is 9.53 Å². The smallest absolute Gasteiger partial charge is 0.224 e. The van der Waals surface area contributed by atoms with Crippen molar-refractivity contribution in [2.75, 3.05) is 20.3 Å². The van der Waals surface area contributed by atoms with Crippen LogP contribution in [0.1, 0.15) is 47.5 Å². The molecule has 0 saturated carbocycles. The number of nitrogens with two attached hydrogens (primary N) is 1. The maximum absolute atomic E-state index is 12.2. The van der Waals surface area contributed by atoms with Crippen LogP contribution in [0.3, 0.4) is 0 Å². The Kier molecular flexibility index (Phi) is 7.48. The second-order valence-corrected chi connectivity index (χ2v) is 6.40. The van der Waals surface area contributed by atoms with Gasteiger partial charge < -0.3 is 15.4 Å². The van der Waals surface area contributed by atoms with E-state index in [1.54, 1.807) is 7.11 Å². The Hall–Kier alpha value is -0.610. The third-order valence-electron chi connectivity index (χ3n) is 2.79. The molecule has 0 aromatic carbocycles. The van der Waals surface area contributed by atoms with Crippen molar-refractivity contribution in [3.8, 4) is 0 Å². The molecule has 1 unspecified atom stereocenters. The molecule has 0 rings (SSSR count). The molecular formula is C14H30N2O2. The Balaban J connectivity index is 4.33. The van der Waals surface area contributed by atoms with E-state index in [9.17, 15) is 4.79 Å². The first-order valence-electron chi connectivity index (χ1n) is 6.71. The van der Waals surface area contributed by atoms with Crippen molar-refractivity contribution >= 4 is 5.91 Å². The zero-order valence-electron chi connectivity index (χ0n) is 12.8. The molecule has 0 aromatic heterocycles. The summed E-state index contributed by atoms with van der Waals surface area (Å²) in [6.45, 7) is 11.7. The first kappa shape index (κ1) is 17.4. The van der Waals surface area contributed by atoms with E-state index in [4.69, 9.17) is 10.5 Å². The average molecular weight is 258 g/mol. The molecule has 18 heavy (non-hydrogen) atoms. The van der Waals surface area contributed by atoms with Crippen LogP contribution in [0.2, 0.25) is 0 Å². The molecule has 4 heteroatoms. The fourth-order valence-electron chi connectivity index (χ4n) is 2.06. The van der Waals surface area contributed by atoms with Crippen molar-refractivity contribution in [2.24, 2.45) is 11.1 Å². The number of carbonyl (C=O) groups is 1. The number of carbonyl (C=O) groups excluding carboxylic acids is 1. The van der Waals surface area contributed by atoms with Crippen molar-refractivity contribution < 1.29 is 9.53 Å². The summed E-state index contributed by atoms with van der Waals surface area (Å²) in [6, 6.07) is 0.121. The quantitative estimate of drug-likeness (QED) is 0.760. The highest BCUT2D eigenvalue weighted by molar-refractivity contribution is 5.77. The van der Waals surface area contributed by atoms with Crippen LogP contribution in [0, 0.1) is 5.41 Å². The number of amides is 1. The Morgan fingerprint density at radius 2 is 1.89 bits per heavy atom. The number of hydrogen-bond acceptors (Lipinski definition) is 3. The summed E-state index contributed by atoms with van der Waals surface area (Å²) in [6.07, 6.45) is 1.27. The number of rotatable bonds is 7. The molecule has 0 aliphatic heterocycles. The van der Waals surface area contributed by atoms with Crippen molar-refractivity contribution in [3.05, 3.63) is 0 Å². The molecule has 0 aliphatic rings. The summed E-state index contributed by atoms with van der Waals surface area (Å²) in [4.78, 5) is 14.0. The van der Waals surface area contributed by atoms with E-state index in [-0.39, 0.29) is 23.4 Å². The van der Waals surface area contributed by atoms with Gasteiger partial charge in [-0.15, -0.1) is 0 Å². The second kappa shape index (κ2) is 7.74. The molecule has 0 aliphatic carbocycles. The van der Waals surface area contributed by atoms with Crippen LogP contribution < -0.4 is 5.73 Å². The summed E-state index contributed by atoms with van der Waals surface area (Å²) in [5, 5.41) is 0.